The van der Waals surface area contributed by atoms with E-state index < -0.39 is 15.4 Å². The second-order valence-corrected chi connectivity index (χ2v) is 8.62. The van der Waals surface area contributed by atoms with Crippen LogP contribution in [0.2, 0.25) is 0 Å². The molecule has 0 fully saturated rings. The highest BCUT2D eigenvalue weighted by Gasteiger charge is 2.22. The molecule has 0 bridgehead atoms. The Kier molecular flexibility index (Phi) is 5.51. The molecule has 0 saturated heterocycles. The number of nitrogens with one attached hydrogen (secondary N) is 2. The number of hydrogen-bond donors (Lipinski definition) is 2. The summed E-state index contributed by atoms with van der Waals surface area (Å²) in [6.07, 6.45) is 0. The molecule has 0 aliphatic heterocycles. The van der Waals surface area contributed by atoms with Gasteiger partial charge >= 0.3 is 0 Å². The standard InChI is InChI=1S/C19H22N2O4S/c1-13(22)16-7-5-6-8-17(16)21-26(24,25)15-11-9-14(10-12-15)20-18(23)19(2,3)4/h5-12,21H,1-4H3,(H,20,23). The molecule has 26 heavy (non-hydrogen) atoms. The minimum Gasteiger partial charge on any atom is -0.326 e. The van der Waals surface area contributed by atoms with Gasteiger partial charge in [0.1, 0.15) is 0 Å². The van der Waals surface area contributed by atoms with Crippen molar-refractivity contribution in [3.8, 4) is 0 Å². The Morgan fingerprint density at radius 1 is 0.923 bits per heavy atom. The lowest BCUT2D eigenvalue weighted by molar-refractivity contribution is -0.123. The van der Waals surface area contributed by atoms with Crippen LogP contribution in [0.5, 0.6) is 0 Å². The van der Waals surface area contributed by atoms with Crippen molar-refractivity contribution in [1.29, 1.82) is 0 Å². The molecule has 2 N–H and O–H groups in total. The van der Waals surface area contributed by atoms with Crippen LogP contribution in [0.25, 0.3) is 0 Å². The van der Waals surface area contributed by atoms with Crippen LogP contribution in [-0.4, -0.2) is 20.1 Å². The first-order valence-electron chi connectivity index (χ1n) is 8.05. The van der Waals surface area contributed by atoms with Crippen LogP contribution in [0.4, 0.5) is 11.4 Å². The molecule has 2 aromatic carbocycles. The average molecular weight is 374 g/mol. The van der Waals surface area contributed by atoms with E-state index in [1.165, 1.54) is 37.3 Å². The van der Waals surface area contributed by atoms with Crippen LogP contribution in [0.1, 0.15) is 38.1 Å². The summed E-state index contributed by atoms with van der Waals surface area (Å²) in [5.41, 5.74) is 0.478. The van der Waals surface area contributed by atoms with E-state index in [-0.39, 0.29) is 22.3 Å². The first-order chi connectivity index (χ1) is 12.0. The SMILES string of the molecule is CC(=O)c1ccccc1NS(=O)(=O)c1ccc(NC(=O)C(C)(C)C)cc1. The molecule has 0 atom stereocenters. The first kappa shape index (κ1) is 19.7. The smallest absolute Gasteiger partial charge is 0.261 e. The molecule has 6 nitrogen and oxygen atoms in total. The van der Waals surface area contributed by atoms with Crippen molar-refractivity contribution < 1.29 is 18.0 Å². The summed E-state index contributed by atoms with van der Waals surface area (Å²) in [4.78, 5) is 23.7. The van der Waals surface area contributed by atoms with Gasteiger partial charge in [0.2, 0.25) is 5.91 Å². The fourth-order valence-electron chi connectivity index (χ4n) is 2.12. The molecule has 2 aromatic rings. The lowest BCUT2D eigenvalue weighted by Crippen LogP contribution is -2.27. The third-order valence-electron chi connectivity index (χ3n) is 3.65. The quantitative estimate of drug-likeness (QED) is 0.781. The van der Waals surface area contributed by atoms with Gasteiger partial charge in [-0.1, -0.05) is 32.9 Å². The topological polar surface area (TPSA) is 92.3 Å². The molecule has 0 radical (unpaired) electrons. The molecule has 0 saturated carbocycles. The number of carbonyl (C=O) groups is 2. The van der Waals surface area contributed by atoms with E-state index in [0.29, 0.717) is 11.3 Å². The number of anilines is 2. The molecule has 7 heteroatoms. The zero-order chi connectivity index (χ0) is 19.5. The number of sulfonamides is 1. The van der Waals surface area contributed by atoms with Crippen molar-refractivity contribution in [2.75, 3.05) is 10.0 Å². The number of hydrogen-bond acceptors (Lipinski definition) is 4. The molecule has 0 heterocycles. The van der Waals surface area contributed by atoms with Gasteiger partial charge in [0.05, 0.1) is 10.6 Å². The van der Waals surface area contributed by atoms with Gasteiger partial charge in [-0.3, -0.25) is 14.3 Å². The summed E-state index contributed by atoms with van der Waals surface area (Å²) < 4.78 is 27.6. The zero-order valence-electron chi connectivity index (χ0n) is 15.2. The van der Waals surface area contributed by atoms with Crippen molar-refractivity contribution in [2.24, 2.45) is 5.41 Å². The highest BCUT2D eigenvalue weighted by atomic mass is 32.2. The van der Waals surface area contributed by atoms with Gasteiger partial charge in [-0.15, -0.1) is 0 Å². The number of para-hydroxylation sites is 1. The Balaban J connectivity index is 2.23. The number of amides is 1. The Bertz CT molecular complexity index is 927. The lowest BCUT2D eigenvalue weighted by atomic mass is 9.95. The highest BCUT2D eigenvalue weighted by molar-refractivity contribution is 7.92. The van der Waals surface area contributed by atoms with Gasteiger partial charge in [-0.25, -0.2) is 8.42 Å². The van der Waals surface area contributed by atoms with Gasteiger partial charge in [0.25, 0.3) is 10.0 Å². The highest BCUT2D eigenvalue weighted by Crippen LogP contribution is 2.22. The van der Waals surface area contributed by atoms with E-state index in [9.17, 15) is 18.0 Å². The molecule has 138 valence electrons. The van der Waals surface area contributed by atoms with Gasteiger partial charge in [0.15, 0.2) is 5.78 Å². The Morgan fingerprint density at radius 2 is 1.50 bits per heavy atom. The van der Waals surface area contributed by atoms with Crippen molar-refractivity contribution in [1.82, 2.24) is 0 Å². The maximum Gasteiger partial charge on any atom is 0.261 e. The van der Waals surface area contributed by atoms with Crippen molar-refractivity contribution in [3.63, 3.8) is 0 Å². The van der Waals surface area contributed by atoms with Gasteiger partial charge in [-0.2, -0.15) is 0 Å². The maximum absolute atomic E-state index is 12.6. The van der Waals surface area contributed by atoms with Crippen molar-refractivity contribution in [2.45, 2.75) is 32.6 Å². The second-order valence-electron chi connectivity index (χ2n) is 6.94. The fraction of sp³-hybridized carbons (Fsp3) is 0.263. The summed E-state index contributed by atoms with van der Waals surface area (Å²) in [6.45, 7) is 6.74. The number of Topliss-reactive ketones (excluding diaryl/α,β-unsaturated/α-hetero) is 1. The number of rotatable bonds is 5. The molecule has 0 aliphatic rings. The van der Waals surface area contributed by atoms with Crippen LogP contribution in [0.15, 0.2) is 53.4 Å². The van der Waals surface area contributed by atoms with Crippen LogP contribution in [-0.2, 0) is 14.8 Å². The zero-order valence-corrected chi connectivity index (χ0v) is 16.0. The van der Waals surface area contributed by atoms with E-state index in [1.807, 2.05) is 0 Å². The Labute approximate surface area is 153 Å². The van der Waals surface area contributed by atoms with Gasteiger partial charge in [0, 0.05) is 16.7 Å². The lowest BCUT2D eigenvalue weighted by Gasteiger charge is -2.18. The van der Waals surface area contributed by atoms with E-state index in [2.05, 4.69) is 10.0 Å². The van der Waals surface area contributed by atoms with Crippen LogP contribution in [0, 0.1) is 5.41 Å². The normalized spacial score (nSPS) is 11.7. The van der Waals surface area contributed by atoms with Crippen LogP contribution >= 0.6 is 0 Å². The van der Waals surface area contributed by atoms with Gasteiger partial charge in [-0.05, 0) is 43.3 Å². The van der Waals surface area contributed by atoms with Crippen molar-refractivity contribution >= 4 is 33.1 Å². The van der Waals surface area contributed by atoms with E-state index in [1.54, 1.807) is 39.0 Å². The second kappa shape index (κ2) is 7.29. The van der Waals surface area contributed by atoms with E-state index >= 15 is 0 Å². The van der Waals surface area contributed by atoms with Crippen molar-refractivity contribution in [3.05, 3.63) is 54.1 Å². The molecule has 0 unspecified atom stereocenters. The number of benzene rings is 2. The number of ketones is 1. The molecule has 0 aliphatic carbocycles. The minimum atomic E-state index is -3.86. The summed E-state index contributed by atoms with van der Waals surface area (Å²) in [6, 6.07) is 12.3. The summed E-state index contributed by atoms with van der Waals surface area (Å²) in [5.74, 6) is -0.398. The monoisotopic (exact) mass is 374 g/mol. The van der Waals surface area contributed by atoms with Crippen LogP contribution in [0.3, 0.4) is 0 Å². The minimum absolute atomic E-state index is 0.0320. The fourth-order valence-corrected chi connectivity index (χ4v) is 3.20. The summed E-state index contributed by atoms with van der Waals surface area (Å²) in [7, 11) is -3.86. The largest absolute Gasteiger partial charge is 0.326 e. The third kappa shape index (κ3) is 4.70. The molecule has 1 amide bonds. The maximum atomic E-state index is 12.6. The predicted octanol–water partition coefficient (Wildman–Crippen LogP) is 3.67. The molecule has 0 aromatic heterocycles. The summed E-state index contributed by atoms with van der Waals surface area (Å²) >= 11 is 0. The average Bonchev–Trinajstić information content (AvgIpc) is 2.54. The predicted molar refractivity (Wildman–Crippen MR) is 102 cm³/mol. The number of carbonyl (C=O) groups excluding carboxylic acids is 2. The first-order valence-corrected chi connectivity index (χ1v) is 9.53. The Hall–Kier alpha value is -2.67. The Morgan fingerprint density at radius 3 is 2.04 bits per heavy atom. The molecule has 0 spiro atoms. The molecular weight excluding hydrogens is 352 g/mol. The van der Waals surface area contributed by atoms with Crippen LogP contribution < -0.4 is 10.0 Å². The third-order valence-corrected chi connectivity index (χ3v) is 5.04. The van der Waals surface area contributed by atoms with E-state index in [4.69, 9.17) is 0 Å². The van der Waals surface area contributed by atoms with E-state index in [0.717, 1.165) is 0 Å². The molecular formula is C19H22N2O4S. The molecule has 2 rings (SSSR count). The van der Waals surface area contributed by atoms with Gasteiger partial charge < -0.3 is 5.32 Å². The summed E-state index contributed by atoms with van der Waals surface area (Å²) in [5, 5.41) is 2.74.